The fraction of sp³-hybridized carbons (Fsp3) is 0.261. The summed E-state index contributed by atoms with van der Waals surface area (Å²) in [6.45, 7) is 2.59. The average molecular weight is 400 g/mol. The molecule has 0 atom stereocenters. The molecular formula is C23H24N6O. The van der Waals surface area contributed by atoms with Gasteiger partial charge in [-0.15, -0.1) is 0 Å². The lowest BCUT2D eigenvalue weighted by molar-refractivity contribution is 0.0945. The zero-order chi connectivity index (χ0) is 20.3. The molecule has 1 saturated heterocycles. The molecule has 30 heavy (non-hydrogen) atoms. The Bertz CT molecular complexity index is 1140. The van der Waals surface area contributed by atoms with Crippen LogP contribution in [-0.4, -0.2) is 45.7 Å². The highest BCUT2D eigenvalue weighted by Gasteiger charge is 2.22. The maximum absolute atomic E-state index is 12.5. The van der Waals surface area contributed by atoms with Gasteiger partial charge in [0, 0.05) is 31.3 Å². The number of piperidine rings is 1. The summed E-state index contributed by atoms with van der Waals surface area (Å²) in [5.41, 5.74) is 4.59. The van der Waals surface area contributed by atoms with Gasteiger partial charge >= 0.3 is 0 Å². The first-order chi connectivity index (χ1) is 14.8. The Kier molecular flexibility index (Phi) is 4.93. The van der Waals surface area contributed by atoms with Crippen LogP contribution in [-0.2, 0) is 0 Å². The number of anilines is 1. The number of fused-ring (bicyclic) bond motifs is 1. The van der Waals surface area contributed by atoms with E-state index in [1.54, 1.807) is 6.33 Å². The van der Waals surface area contributed by atoms with E-state index in [-0.39, 0.29) is 5.91 Å². The summed E-state index contributed by atoms with van der Waals surface area (Å²) in [6.07, 6.45) is 3.71. The van der Waals surface area contributed by atoms with E-state index in [1.165, 1.54) is 0 Å². The van der Waals surface area contributed by atoms with Crippen molar-refractivity contribution in [3.63, 3.8) is 0 Å². The van der Waals surface area contributed by atoms with Crippen LogP contribution in [0.3, 0.4) is 0 Å². The third-order valence-electron chi connectivity index (χ3n) is 5.82. The summed E-state index contributed by atoms with van der Waals surface area (Å²) >= 11 is 0. The molecule has 0 unspecified atom stereocenters. The van der Waals surface area contributed by atoms with Crippen LogP contribution in [0.15, 0.2) is 60.9 Å². The predicted octanol–water partition coefficient (Wildman–Crippen LogP) is 3.60. The van der Waals surface area contributed by atoms with Crippen LogP contribution in [0, 0.1) is 5.92 Å². The molecule has 0 bridgehead atoms. The van der Waals surface area contributed by atoms with Gasteiger partial charge in [-0.05, 0) is 42.5 Å². The summed E-state index contributed by atoms with van der Waals surface area (Å²) < 4.78 is 0. The van der Waals surface area contributed by atoms with Crippen LogP contribution in [0.4, 0.5) is 5.82 Å². The number of imidazole rings is 1. The molecular weight excluding hydrogens is 376 g/mol. The van der Waals surface area contributed by atoms with Crippen molar-refractivity contribution in [2.75, 3.05) is 24.5 Å². The summed E-state index contributed by atoms with van der Waals surface area (Å²) in [7, 11) is 0. The Labute approximate surface area is 174 Å². The number of aromatic amines is 2. The van der Waals surface area contributed by atoms with Gasteiger partial charge in [0.1, 0.15) is 0 Å². The number of amides is 1. The molecule has 0 spiro atoms. The van der Waals surface area contributed by atoms with E-state index >= 15 is 0 Å². The summed E-state index contributed by atoms with van der Waals surface area (Å²) in [5.74, 6) is 1.44. The fourth-order valence-corrected chi connectivity index (χ4v) is 4.02. The maximum atomic E-state index is 12.5. The van der Waals surface area contributed by atoms with E-state index in [1.807, 2.05) is 36.4 Å². The number of nitrogens with one attached hydrogen (secondary N) is 3. The molecule has 152 valence electrons. The second-order valence-corrected chi connectivity index (χ2v) is 7.78. The summed E-state index contributed by atoms with van der Waals surface area (Å²) in [6, 6.07) is 17.9. The van der Waals surface area contributed by atoms with Crippen LogP contribution < -0.4 is 10.2 Å². The standard InChI is InChI=1S/C23H24N6O/c30-23(18-6-7-19-21(12-18)26-15-25-19)24-14-16-8-10-29(11-9-16)22-13-20(27-28-22)17-4-2-1-3-5-17/h1-7,12-13,15-16H,8-11,14H2,(H,24,30)(H,25,26)(H,27,28). The van der Waals surface area contributed by atoms with Crippen LogP contribution >= 0.6 is 0 Å². The van der Waals surface area contributed by atoms with E-state index in [2.05, 4.69) is 48.6 Å². The Morgan fingerprint density at radius 1 is 1.10 bits per heavy atom. The fourth-order valence-electron chi connectivity index (χ4n) is 4.02. The van der Waals surface area contributed by atoms with E-state index in [0.717, 1.165) is 54.0 Å². The van der Waals surface area contributed by atoms with Crippen molar-refractivity contribution in [3.8, 4) is 11.3 Å². The minimum absolute atomic E-state index is 0.0336. The van der Waals surface area contributed by atoms with Gasteiger partial charge < -0.3 is 15.2 Å². The van der Waals surface area contributed by atoms with Gasteiger partial charge in [0.2, 0.25) is 0 Å². The van der Waals surface area contributed by atoms with Crippen molar-refractivity contribution >= 4 is 22.8 Å². The van der Waals surface area contributed by atoms with E-state index in [9.17, 15) is 4.79 Å². The van der Waals surface area contributed by atoms with Crippen molar-refractivity contribution in [3.05, 3.63) is 66.5 Å². The Hall–Kier alpha value is -3.61. The molecule has 0 radical (unpaired) electrons. The van der Waals surface area contributed by atoms with Crippen molar-refractivity contribution in [2.24, 2.45) is 5.92 Å². The van der Waals surface area contributed by atoms with Crippen molar-refractivity contribution in [1.29, 1.82) is 0 Å². The topological polar surface area (TPSA) is 89.7 Å². The molecule has 1 fully saturated rings. The lowest BCUT2D eigenvalue weighted by atomic mass is 9.96. The zero-order valence-electron chi connectivity index (χ0n) is 16.6. The first kappa shape index (κ1) is 18.4. The second kappa shape index (κ2) is 8.02. The SMILES string of the molecule is O=C(NCC1CCN(c2cc(-c3ccccc3)[nH]n2)CC1)c1ccc2nc[nH]c2c1. The number of hydrogen-bond donors (Lipinski definition) is 3. The summed E-state index contributed by atoms with van der Waals surface area (Å²) in [4.78, 5) is 22.1. The van der Waals surface area contributed by atoms with Gasteiger partial charge in [0.25, 0.3) is 5.91 Å². The molecule has 7 nitrogen and oxygen atoms in total. The first-order valence-corrected chi connectivity index (χ1v) is 10.3. The number of carbonyl (C=O) groups is 1. The number of carbonyl (C=O) groups excluding carboxylic acids is 1. The minimum atomic E-state index is -0.0336. The highest BCUT2D eigenvalue weighted by Crippen LogP contribution is 2.25. The normalized spacial score (nSPS) is 14.9. The molecule has 7 heteroatoms. The third kappa shape index (κ3) is 3.78. The Morgan fingerprint density at radius 2 is 1.93 bits per heavy atom. The molecule has 2 aromatic heterocycles. The first-order valence-electron chi connectivity index (χ1n) is 10.3. The number of aromatic nitrogens is 4. The molecule has 1 amide bonds. The largest absolute Gasteiger partial charge is 0.355 e. The maximum Gasteiger partial charge on any atom is 0.251 e. The minimum Gasteiger partial charge on any atom is -0.355 e. The Balaban J connectivity index is 1.14. The number of benzene rings is 2. The number of rotatable bonds is 5. The van der Waals surface area contributed by atoms with E-state index < -0.39 is 0 Å². The lowest BCUT2D eigenvalue weighted by Crippen LogP contribution is -2.38. The molecule has 2 aromatic carbocycles. The molecule has 1 aliphatic heterocycles. The molecule has 3 N–H and O–H groups in total. The summed E-state index contributed by atoms with van der Waals surface area (Å²) in [5, 5.41) is 10.7. The van der Waals surface area contributed by atoms with E-state index in [4.69, 9.17) is 0 Å². The van der Waals surface area contributed by atoms with Gasteiger partial charge in [-0.1, -0.05) is 30.3 Å². The lowest BCUT2D eigenvalue weighted by Gasteiger charge is -2.32. The Morgan fingerprint density at radius 3 is 2.77 bits per heavy atom. The van der Waals surface area contributed by atoms with Crippen LogP contribution in [0.25, 0.3) is 22.3 Å². The zero-order valence-corrected chi connectivity index (χ0v) is 16.6. The third-order valence-corrected chi connectivity index (χ3v) is 5.82. The van der Waals surface area contributed by atoms with Crippen molar-refractivity contribution in [2.45, 2.75) is 12.8 Å². The molecule has 0 saturated carbocycles. The van der Waals surface area contributed by atoms with Gasteiger partial charge in [-0.2, -0.15) is 5.10 Å². The highest BCUT2D eigenvalue weighted by atomic mass is 16.1. The highest BCUT2D eigenvalue weighted by molar-refractivity contribution is 5.97. The van der Waals surface area contributed by atoms with Crippen LogP contribution in [0.2, 0.25) is 0 Å². The van der Waals surface area contributed by atoms with Crippen LogP contribution in [0.5, 0.6) is 0 Å². The van der Waals surface area contributed by atoms with Gasteiger partial charge in [0.05, 0.1) is 23.1 Å². The van der Waals surface area contributed by atoms with Gasteiger partial charge in [0.15, 0.2) is 5.82 Å². The molecule has 4 aromatic rings. The van der Waals surface area contributed by atoms with Crippen molar-refractivity contribution in [1.82, 2.24) is 25.5 Å². The molecule has 0 aliphatic carbocycles. The monoisotopic (exact) mass is 400 g/mol. The average Bonchev–Trinajstić information content (AvgIpc) is 3.48. The van der Waals surface area contributed by atoms with E-state index in [0.29, 0.717) is 18.0 Å². The molecule has 3 heterocycles. The smallest absolute Gasteiger partial charge is 0.251 e. The number of hydrogen-bond acceptors (Lipinski definition) is 4. The molecule has 5 rings (SSSR count). The predicted molar refractivity (Wildman–Crippen MR) is 117 cm³/mol. The van der Waals surface area contributed by atoms with Gasteiger partial charge in [-0.3, -0.25) is 9.89 Å². The van der Waals surface area contributed by atoms with Crippen LogP contribution in [0.1, 0.15) is 23.2 Å². The quantitative estimate of drug-likeness (QED) is 0.477. The van der Waals surface area contributed by atoms with Crippen molar-refractivity contribution < 1.29 is 4.79 Å². The second-order valence-electron chi connectivity index (χ2n) is 7.78. The van der Waals surface area contributed by atoms with Gasteiger partial charge in [-0.25, -0.2) is 4.98 Å². The molecule has 1 aliphatic rings. The number of H-pyrrole nitrogens is 2. The number of nitrogens with zero attached hydrogens (tertiary/aromatic N) is 3.